The normalized spacial score (nSPS) is 25.6. The summed E-state index contributed by atoms with van der Waals surface area (Å²) in [5, 5.41) is 22.2. The maximum absolute atomic E-state index is 5.54. The van der Waals surface area contributed by atoms with Crippen LogP contribution in [0.3, 0.4) is 0 Å². The summed E-state index contributed by atoms with van der Waals surface area (Å²) in [4.78, 5) is 2.73. The molecule has 0 spiro atoms. The van der Waals surface area contributed by atoms with Crippen molar-refractivity contribution in [3.05, 3.63) is 35.8 Å². The molecule has 4 aromatic rings. The molecule has 3 fully saturated rings. The van der Waals surface area contributed by atoms with Crippen molar-refractivity contribution in [2.75, 3.05) is 38.2 Å². The molecule has 2 saturated heterocycles. The van der Waals surface area contributed by atoms with Gasteiger partial charge in [0.15, 0.2) is 5.82 Å². The van der Waals surface area contributed by atoms with E-state index in [4.69, 9.17) is 14.9 Å². The molecule has 7 rings (SSSR count). The fraction of sp³-hybridized carbons (Fsp3) is 0.519. The van der Waals surface area contributed by atoms with Crippen LogP contribution < -0.4 is 5.32 Å². The summed E-state index contributed by atoms with van der Waals surface area (Å²) < 4.78 is 8.60. The van der Waals surface area contributed by atoms with Crippen LogP contribution in [0.15, 0.2) is 35.8 Å². The number of hydrogen-bond acceptors (Lipinski definition) is 7. The van der Waals surface area contributed by atoms with Gasteiger partial charge >= 0.3 is 0 Å². The maximum Gasteiger partial charge on any atom is 0.157 e. The quantitative estimate of drug-likeness (QED) is 0.436. The number of nitrogens with zero attached hydrogens (tertiary/aromatic N) is 5. The van der Waals surface area contributed by atoms with Crippen LogP contribution in [0, 0.1) is 17.8 Å². The molecule has 3 aromatic heterocycles. The van der Waals surface area contributed by atoms with Crippen molar-refractivity contribution in [1.82, 2.24) is 24.9 Å². The Bertz CT molecular complexity index is 1340. The predicted molar refractivity (Wildman–Crippen MR) is 141 cm³/mol. The summed E-state index contributed by atoms with van der Waals surface area (Å²) in [6, 6.07) is 9.03. The fourth-order valence-corrected chi connectivity index (χ4v) is 7.52. The first-order chi connectivity index (χ1) is 17.2. The SMILES string of the molecule is Cn1cc2cc(-c3nnc(NC4CC5CN(CC6CCOCC6)C[C@H]5C4)c4ccsc34)ccc2n1. The number of rotatable bonds is 5. The highest BCUT2D eigenvalue weighted by atomic mass is 32.1. The van der Waals surface area contributed by atoms with E-state index >= 15 is 0 Å². The monoisotopic (exact) mass is 488 g/mol. The number of aromatic nitrogens is 4. The third kappa shape index (κ3) is 4.11. The number of anilines is 1. The molecule has 1 N–H and O–H groups in total. The van der Waals surface area contributed by atoms with Crippen LogP contribution in [0.5, 0.6) is 0 Å². The second-order valence-electron chi connectivity index (χ2n) is 10.7. The minimum absolute atomic E-state index is 0.491. The summed E-state index contributed by atoms with van der Waals surface area (Å²) in [5.41, 5.74) is 3.05. The topological polar surface area (TPSA) is 68.1 Å². The molecule has 0 radical (unpaired) electrons. The van der Waals surface area contributed by atoms with Crippen LogP contribution in [0.4, 0.5) is 5.82 Å². The minimum atomic E-state index is 0.491. The molecule has 2 unspecified atom stereocenters. The second kappa shape index (κ2) is 8.84. The van der Waals surface area contributed by atoms with E-state index < -0.39 is 0 Å². The summed E-state index contributed by atoms with van der Waals surface area (Å²) in [6.45, 7) is 5.69. The average Bonchev–Trinajstić information content (AvgIpc) is 3.62. The van der Waals surface area contributed by atoms with Gasteiger partial charge < -0.3 is 15.0 Å². The predicted octanol–water partition coefficient (Wildman–Crippen LogP) is 4.79. The third-order valence-corrected chi connectivity index (χ3v) is 9.22. The van der Waals surface area contributed by atoms with E-state index in [1.165, 1.54) is 55.4 Å². The van der Waals surface area contributed by atoms with Gasteiger partial charge in [0.1, 0.15) is 5.69 Å². The number of aryl methyl sites for hydroxylation is 1. The third-order valence-electron chi connectivity index (χ3n) is 8.30. The van der Waals surface area contributed by atoms with E-state index in [9.17, 15) is 0 Å². The van der Waals surface area contributed by atoms with E-state index in [1.54, 1.807) is 11.3 Å². The van der Waals surface area contributed by atoms with Gasteiger partial charge in [0.2, 0.25) is 0 Å². The summed E-state index contributed by atoms with van der Waals surface area (Å²) in [6.07, 6.45) is 6.99. The number of benzene rings is 1. The van der Waals surface area contributed by atoms with E-state index in [0.717, 1.165) is 58.9 Å². The lowest BCUT2D eigenvalue weighted by molar-refractivity contribution is 0.0545. The van der Waals surface area contributed by atoms with Crippen LogP contribution in [-0.2, 0) is 11.8 Å². The molecule has 5 heterocycles. The Kier molecular flexibility index (Phi) is 5.48. The van der Waals surface area contributed by atoms with Crippen molar-refractivity contribution < 1.29 is 4.74 Å². The Balaban J connectivity index is 1.05. The minimum Gasteiger partial charge on any atom is -0.381 e. The average molecular weight is 489 g/mol. The number of ether oxygens (including phenoxy) is 1. The lowest BCUT2D eigenvalue weighted by Crippen LogP contribution is -2.32. The highest BCUT2D eigenvalue weighted by Gasteiger charge is 2.41. The second-order valence-corrected chi connectivity index (χ2v) is 11.7. The molecule has 1 saturated carbocycles. The van der Waals surface area contributed by atoms with Gasteiger partial charge in [0.05, 0.1) is 10.2 Å². The Labute approximate surface area is 209 Å². The van der Waals surface area contributed by atoms with Crippen molar-refractivity contribution in [3.63, 3.8) is 0 Å². The van der Waals surface area contributed by atoms with E-state index in [1.807, 2.05) is 11.7 Å². The number of likely N-dealkylation sites (tertiary alicyclic amines) is 1. The van der Waals surface area contributed by atoms with E-state index in [2.05, 4.69) is 51.2 Å². The molecule has 2 aliphatic heterocycles. The smallest absolute Gasteiger partial charge is 0.157 e. The number of fused-ring (bicyclic) bond motifs is 3. The zero-order chi connectivity index (χ0) is 23.4. The standard InChI is InChI=1S/C27H32N6OS/c1-32-14-21-10-18(2-3-24(21)31-32)25-26-23(6-9-35-26)27(30-29-25)28-22-11-19-15-33(16-20(19)12-22)13-17-4-7-34-8-5-17/h2-3,6,9-10,14,17,19-20,22H,4-5,7-8,11-13,15-16H2,1H3,(H,28,30)/t19-,20?,22?/m1/s1. The first-order valence-electron chi connectivity index (χ1n) is 12.9. The lowest BCUT2D eigenvalue weighted by Gasteiger charge is -2.27. The molecule has 182 valence electrons. The van der Waals surface area contributed by atoms with Crippen LogP contribution in [-0.4, -0.2) is 63.8 Å². The lowest BCUT2D eigenvalue weighted by atomic mass is 10.00. The summed E-state index contributed by atoms with van der Waals surface area (Å²) in [7, 11) is 1.96. The Morgan fingerprint density at radius 3 is 2.74 bits per heavy atom. The first kappa shape index (κ1) is 21.7. The van der Waals surface area contributed by atoms with Crippen LogP contribution in [0.25, 0.3) is 32.2 Å². The molecule has 3 aliphatic rings. The van der Waals surface area contributed by atoms with Crippen LogP contribution >= 0.6 is 11.3 Å². The Morgan fingerprint density at radius 2 is 1.91 bits per heavy atom. The number of thiophene rings is 1. The number of hydrogen-bond donors (Lipinski definition) is 1. The molecule has 0 bridgehead atoms. The van der Waals surface area contributed by atoms with E-state index in [-0.39, 0.29) is 0 Å². The van der Waals surface area contributed by atoms with Gasteiger partial charge in [0.25, 0.3) is 0 Å². The molecular formula is C27H32N6OS. The molecule has 3 atom stereocenters. The van der Waals surface area contributed by atoms with Gasteiger partial charge in [-0.15, -0.1) is 21.5 Å². The zero-order valence-electron chi connectivity index (χ0n) is 20.2. The van der Waals surface area contributed by atoms with Gasteiger partial charge in [-0.2, -0.15) is 5.10 Å². The molecular weight excluding hydrogens is 456 g/mol. The summed E-state index contributed by atoms with van der Waals surface area (Å²) in [5.74, 6) is 3.39. The van der Waals surface area contributed by atoms with Crippen LogP contribution in [0.2, 0.25) is 0 Å². The van der Waals surface area contributed by atoms with Gasteiger partial charge in [-0.25, -0.2) is 0 Å². The van der Waals surface area contributed by atoms with Crippen molar-refractivity contribution in [1.29, 1.82) is 0 Å². The van der Waals surface area contributed by atoms with E-state index in [0.29, 0.717) is 6.04 Å². The zero-order valence-corrected chi connectivity index (χ0v) is 21.0. The Morgan fingerprint density at radius 1 is 1.09 bits per heavy atom. The van der Waals surface area contributed by atoms with Crippen molar-refractivity contribution in [3.8, 4) is 11.3 Å². The largest absolute Gasteiger partial charge is 0.381 e. The van der Waals surface area contributed by atoms with Gasteiger partial charge in [-0.3, -0.25) is 4.68 Å². The molecule has 7 nitrogen and oxygen atoms in total. The van der Waals surface area contributed by atoms with Crippen molar-refractivity contribution in [2.45, 2.75) is 31.7 Å². The molecule has 1 aromatic carbocycles. The first-order valence-corrected chi connectivity index (χ1v) is 13.8. The van der Waals surface area contributed by atoms with Crippen molar-refractivity contribution >= 4 is 38.1 Å². The van der Waals surface area contributed by atoms with Gasteiger partial charge in [0, 0.05) is 68.5 Å². The number of nitrogens with one attached hydrogen (secondary N) is 1. The molecule has 35 heavy (non-hydrogen) atoms. The highest BCUT2D eigenvalue weighted by Crippen LogP contribution is 2.41. The van der Waals surface area contributed by atoms with Gasteiger partial charge in [-0.05, 0) is 67.0 Å². The Hall–Kier alpha value is -2.55. The van der Waals surface area contributed by atoms with Crippen molar-refractivity contribution in [2.24, 2.45) is 24.8 Å². The summed E-state index contributed by atoms with van der Waals surface area (Å²) >= 11 is 1.75. The molecule has 8 heteroatoms. The fourth-order valence-electron chi connectivity index (χ4n) is 6.62. The highest BCUT2D eigenvalue weighted by molar-refractivity contribution is 7.17. The molecule has 1 aliphatic carbocycles. The van der Waals surface area contributed by atoms with Crippen LogP contribution in [0.1, 0.15) is 25.7 Å². The molecule has 0 amide bonds. The van der Waals surface area contributed by atoms with Gasteiger partial charge in [-0.1, -0.05) is 6.07 Å². The maximum atomic E-state index is 5.54.